The Labute approximate surface area is 162 Å². The van der Waals surface area contributed by atoms with Crippen molar-refractivity contribution in [2.75, 3.05) is 0 Å². The summed E-state index contributed by atoms with van der Waals surface area (Å²) in [7, 11) is 0. The lowest BCUT2D eigenvalue weighted by molar-refractivity contribution is 0.0945. The fourth-order valence-corrected chi connectivity index (χ4v) is 3.10. The quantitative estimate of drug-likeness (QED) is 0.756. The van der Waals surface area contributed by atoms with Crippen LogP contribution >= 0.6 is 0 Å². The summed E-state index contributed by atoms with van der Waals surface area (Å²) in [6, 6.07) is 7.25. The van der Waals surface area contributed by atoms with Gasteiger partial charge in [0.2, 0.25) is 5.89 Å². The van der Waals surface area contributed by atoms with Crippen molar-refractivity contribution in [3.8, 4) is 0 Å². The molecule has 5 heteroatoms. The zero-order valence-electron chi connectivity index (χ0n) is 17.1. The van der Waals surface area contributed by atoms with Crippen LogP contribution in [-0.2, 0) is 13.1 Å². The molecule has 3 rings (SSSR count). The summed E-state index contributed by atoms with van der Waals surface area (Å²) in [6.45, 7) is 12.4. The average molecular weight is 370 g/mol. The van der Waals surface area contributed by atoms with Crippen molar-refractivity contribution in [1.82, 2.24) is 15.2 Å². The largest absolute Gasteiger partial charge is 0.447 e. The Morgan fingerprint density at radius 1 is 1.26 bits per heavy atom. The number of amides is 1. The number of carbonyl (C=O) groups excluding carboxylic acids is 1. The smallest absolute Gasteiger partial charge is 0.273 e. The lowest BCUT2D eigenvalue weighted by Gasteiger charge is -2.31. The molecule has 0 saturated heterocycles. The van der Waals surface area contributed by atoms with E-state index in [0.29, 0.717) is 36.1 Å². The molecule has 27 heavy (non-hydrogen) atoms. The van der Waals surface area contributed by atoms with Crippen molar-refractivity contribution in [3.05, 3.63) is 52.7 Å². The van der Waals surface area contributed by atoms with Crippen LogP contribution in [0.1, 0.15) is 66.7 Å². The van der Waals surface area contributed by atoms with E-state index in [0.717, 1.165) is 19.4 Å². The molecule has 1 aliphatic rings. The van der Waals surface area contributed by atoms with Gasteiger partial charge in [0.1, 0.15) is 6.26 Å². The van der Waals surface area contributed by atoms with E-state index in [4.69, 9.17) is 4.42 Å². The maximum atomic E-state index is 12.2. The molecule has 1 fully saturated rings. The maximum absolute atomic E-state index is 12.2. The van der Waals surface area contributed by atoms with E-state index in [9.17, 15) is 4.79 Å². The summed E-state index contributed by atoms with van der Waals surface area (Å²) in [5.41, 5.74) is 4.25. The summed E-state index contributed by atoms with van der Waals surface area (Å²) < 4.78 is 5.63. The number of aryl methyl sites for hydroxylation is 2. The lowest BCUT2D eigenvalue weighted by Crippen LogP contribution is -2.36. The Morgan fingerprint density at radius 2 is 2.00 bits per heavy atom. The molecule has 0 bridgehead atoms. The van der Waals surface area contributed by atoms with Crippen LogP contribution in [0, 0.1) is 19.8 Å². The molecule has 1 aromatic carbocycles. The Morgan fingerprint density at radius 3 is 2.67 bits per heavy atom. The molecule has 1 atom stereocenters. The van der Waals surface area contributed by atoms with Crippen LogP contribution in [0.2, 0.25) is 0 Å². The molecule has 0 aliphatic heterocycles. The second-order valence-corrected chi connectivity index (χ2v) is 8.19. The second kappa shape index (κ2) is 8.26. The number of aromatic nitrogens is 1. The van der Waals surface area contributed by atoms with Gasteiger partial charge in [-0.15, -0.1) is 0 Å². The average Bonchev–Trinajstić information content (AvgIpc) is 3.31. The van der Waals surface area contributed by atoms with E-state index in [-0.39, 0.29) is 5.91 Å². The summed E-state index contributed by atoms with van der Waals surface area (Å²) in [5, 5.41) is 2.96. The van der Waals surface area contributed by atoms with E-state index in [1.54, 1.807) is 0 Å². The van der Waals surface area contributed by atoms with Crippen LogP contribution < -0.4 is 5.32 Å². The normalized spacial score (nSPS) is 15.4. The van der Waals surface area contributed by atoms with Gasteiger partial charge in [-0.1, -0.05) is 37.6 Å². The molecule has 2 aromatic rings. The van der Waals surface area contributed by atoms with Crippen molar-refractivity contribution in [1.29, 1.82) is 0 Å². The van der Waals surface area contributed by atoms with Crippen molar-refractivity contribution >= 4 is 5.91 Å². The van der Waals surface area contributed by atoms with E-state index in [2.05, 4.69) is 68.0 Å². The molecule has 1 N–H and O–H groups in total. The molecule has 1 aliphatic carbocycles. The summed E-state index contributed by atoms with van der Waals surface area (Å²) in [4.78, 5) is 19.0. The topological polar surface area (TPSA) is 58.4 Å². The summed E-state index contributed by atoms with van der Waals surface area (Å²) in [5.74, 6) is 0.960. The molecule has 1 amide bonds. The molecule has 146 valence electrons. The predicted octanol–water partition coefficient (Wildman–Crippen LogP) is 4.23. The van der Waals surface area contributed by atoms with Crippen molar-refractivity contribution in [3.63, 3.8) is 0 Å². The minimum Gasteiger partial charge on any atom is -0.447 e. The third kappa shape index (κ3) is 5.19. The van der Waals surface area contributed by atoms with Crippen molar-refractivity contribution in [2.24, 2.45) is 5.92 Å². The Bertz CT molecular complexity index is 793. The third-order valence-corrected chi connectivity index (χ3v) is 5.45. The predicted molar refractivity (Wildman–Crippen MR) is 106 cm³/mol. The number of carbonyl (C=O) groups is 1. The number of nitrogens with zero attached hydrogens (tertiary/aromatic N) is 2. The first-order valence-corrected chi connectivity index (χ1v) is 9.89. The van der Waals surface area contributed by atoms with Crippen LogP contribution in [0.3, 0.4) is 0 Å². The van der Waals surface area contributed by atoms with Crippen molar-refractivity contribution in [2.45, 2.75) is 72.6 Å². The van der Waals surface area contributed by atoms with Crippen molar-refractivity contribution < 1.29 is 9.21 Å². The molecule has 1 aromatic heterocycles. The first-order valence-electron chi connectivity index (χ1n) is 9.89. The Kier molecular flexibility index (Phi) is 6.00. The van der Waals surface area contributed by atoms with E-state index in [1.807, 2.05) is 0 Å². The van der Waals surface area contributed by atoms with Gasteiger partial charge < -0.3 is 9.73 Å². The van der Waals surface area contributed by atoms with Gasteiger partial charge in [0, 0.05) is 18.6 Å². The fourth-order valence-electron chi connectivity index (χ4n) is 3.10. The zero-order valence-corrected chi connectivity index (χ0v) is 17.1. The minimum atomic E-state index is -0.134. The minimum absolute atomic E-state index is 0.134. The first-order chi connectivity index (χ1) is 12.8. The molecule has 1 heterocycles. The number of oxazole rings is 1. The fraction of sp³-hybridized carbons (Fsp3) is 0.545. The standard InChI is InChI=1S/C22H31N3O2/c1-14(2)17(5)25(11-18-10-15(3)6-7-16(18)4)12-21-24-20(13-27-21)22(26)23-19-8-9-19/h6-7,10,13-14,17,19H,8-9,11-12H2,1-5H3,(H,23,26). The first kappa shape index (κ1) is 19.6. The molecule has 1 saturated carbocycles. The second-order valence-electron chi connectivity index (χ2n) is 8.19. The highest BCUT2D eigenvalue weighted by Gasteiger charge is 2.26. The number of nitrogens with one attached hydrogen (secondary N) is 1. The Balaban J connectivity index is 1.74. The molecular formula is C22H31N3O2. The summed E-state index contributed by atoms with van der Waals surface area (Å²) in [6.07, 6.45) is 3.60. The van der Waals surface area contributed by atoms with Gasteiger partial charge in [0.25, 0.3) is 5.91 Å². The maximum Gasteiger partial charge on any atom is 0.273 e. The lowest BCUT2D eigenvalue weighted by atomic mass is 10.0. The SMILES string of the molecule is Cc1ccc(C)c(CN(Cc2nc(C(=O)NC3CC3)co2)C(C)C(C)C)c1. The van der Waals surface area contributed by atoms with E-state index >= 15 is 0 Å². The molecule has 0 spiro atoms. The zero-order chi connectivity index (χ0) is 19.6. The number of hydrogen-bond acceptors (Lipinski definition) is 4. The van der Waals surface area contributed by atoms with E-state index < -0.39 is 0 Å². The van der Waals surface area contributed by atoms with Crippen LogP contribution in [0.15, 0.2) is 28.9 Å². The third-order valence-electron chi connectivity index (χ3n) is 5.45. The molecule has 5 nitrogen and oxygen atoms in total. The van der Waals surface area contributed by atoms with Crippen LogP contribution in [0.4, 0.5) is 0 Å². The number of rotatable bonds is 8. The van der Waals surface area contributed by atoms with Gasteiger partial charge in [-0.2, -0.15) is 0 Å². The number of hydrogen-bond donors (Lipinski definition) is 1. The highest BCUT2D eigenvalue weighted by Crippen LogP contribution is 2.22. The van der Waals surface area contributed by atoms with Gasteiger partial charge in [-0.05, 0) is 50.7 Å². The highest BCUT2D eigenvalue weighted by atomic mass is 16.3. The molecule has 1 unspecified atom stereocenters. The van der Waals surface area contributed by atoms with Crippen LogP contribution in [-0.4, -0.2) is 27.9 Å². The van der Waals surface area contributed by atoms with Gasteiger partial charge >= 0.3 is 0 Å². The van der Waals surface area contributed by atoms with Gasteiger partial charge in [0.05, 0.1) is 6.54 Å². The van der Waals surface area contributed by atoms with E-state index in [1.165, 1.54) is 23.0 Å². The Hall–Kier alpha value is -2.14. The van der Waals surface area contributed by atoms with Gasteiger partial charge in [0.15, 0.2) is 5.69 Å². The van der Waals surface area contributed by atoms with Gasteiger partial charge in [-0.3, -0.25) is 9.69 Å². The van der Waals surface area contributed by atoms with Crippen LogP contribution in [0.5, 0.6) is 0 Å². The van der Waals surface area contributed by atoms with Gasteiger partial charge in [-0.25, -0.2) is 4.98 Å². The molecular weight excluding hydrogens is 338 g/mol. The summed E-state index contributed by atoms with van der Waals surface area (Å²) >= 11 is 0. The van der Waals surface area contributed by atoms with Crippen LogP contribution in [0.25, 0.3) is 0 Å². The molecule has 0 radical (unpaired) electrons. The monoisotopic (exact) mass is 369 g/mol. The number of benzene rings is 1. The highest BCUT2D eigenvalue weighted by molar-refractivity contribution is 5.92.